The Morgan fingerprint density at radius 3 is 2.53 bits per heavy atom. The zero-order valence-corrected chi connectivity index (χ0v) is 16.5. The molecule has 0 aliphatic rings. The van der Waals surface area contributed by atoms with Gasteiger partial charge >= 0.3 is 12.1 Å². The van der Waals surface area contributed by atoms with Crippen LogP contribution in [0, 0.1) is 0 Å². The maximum absolute atomic E-state index is 12.3. The minimum absolute atomic E-state index is 0.0872. The number of carboxylic acids is 1. The monoisotopic (exact) mass is 409 g/mol. The minimum Gasteiger partial charge on any atom is -0.480 e. The maximum Gasteiger partial charge on any atom is 0.410 e. The summed E-state index contributed by atoms with van der Waals surface area (Å²) in [5.74, 6) is -1.73. The van der Waals surface area contributed by atoms with Gasteiger partial charge in [-0.2, -0.15) is 0 Å². The first-order chi connectivity index (χ1) is 14.4. The predicted octanol–water partition coefficient (Wildman–Crippen LogP) is 2.55. The summed E-state index contributed by atoms with van der Waals surface area (Å²) < 4.78 is 5.16. The number of nitrogens with one attached hydrogen (secondary N) is 2. The fraction of sp³-hybridized carbons (Fsp3) is 0.227. The minimum atomic E-state index is -1.15. The fourth-order valence-electron chi connectivity index (χ4n) is 3.07. The van der Waals surface area contributed by atoms with E-state index in [0.717, 1.165) is 26.9 Å². The molecule has 1 aromatic heterocycles. The molecule has 0 aliphatic carbocycles. The first kappa shape index (κ1) is 20.9. The van der Waals surface area contributed by atoms with Gasteiger partial charge < -0.3 is 25.0 Å². The average Bonchev–Trinajstić information content (AvgIpc) is 3.15. The summed E-state index contributed by atoms with van der Waals surface area (Å²) in [7, 11) is 1.42. The molecule has 1 heterocycles. The molecule has 3 rings (SSSR count). The number of rotatable bonds is 8. The molecule has 8 nitrogen and oxygen atoms in total. The van der Waals surface area contributed by atoms with Crippen molar-refractivity contribution in [3.63, 3.8) is 0 Å². The SMILES string of the molecule is CN(CC(=O)N[C@H](Cc1c[nH]c2ccccc12)C(=O)O)C(=O)OCc1ccccc1. The number of H-pyrrole nitrogens is 1. The number of amides is 2. The molecule has 0 saturated heterocycles. The van der Waals surface area contributed by atoms with E-state index in [-0.39, 0.29) is 19.6 Å². The van der Waals surface area contributed by atoms with E-state index in [1.165, 1.54) is 7.05 Å². The third-order valence-electron chi connectivity index (χ3n) is 4.63. The summed E-state index contributed by atoms with van der Waals surface area (Å²) in [4.78, 5) is 40.2. The van der Waals surface area contributed by atoms with Crippen LogP contribution in [0.3, 0.4) is 0 Å². The van der Waals surface area contributed by atoms with Gasteiger partial charge in [-0.1, -0.05) is 48.5 Å². The number of nitrogens with zero attached hydrogens (tertiary/aromatic N) is 1. The summed E-state index contributed by atoms with van der Waals surface area (Å²) in [6.45, 7) is -0.227. The van der Waals surface area contributed by atoms with Crippen molar-refractivity contribution in [1.82, 2.24) is 15.2 Å². The van der Waals surface area contributed by atoms with E-state index in [1.54, 1.807) is 6.20 Å². The van der Waals surface area contributed by atoms with Gasteiger partial charge in [0.25, 0.3) is 0 Å². The lowest BCUT2D eigenvalue weighted by Crippen LogP contribution is -2.47. The quantitative estimate of drug-likeness (QED) is 0.529. The molecule has 0 saturated carbocycles. The smallest absolute Gasteiger partial charge is 0.410 e. The van der Waals surface area contributed by atoms with Crippen molar-refractivity contribution in [2.24, 2.45) is 0 Å². The normalized spacial score (nSPS) is 11.6. The van der Waals surface area contributed by atoms with E-state index in [9.17, 15) is 19.5 Å². The van der Waals surface area contributed by atoms with Gasteiger partial charge in [-0.3, -0.25) is 4.79 Å². The van der Waals surface area contributed by atoms with Crippen LogP contribution < -0.4 is 5.32 Å². The number of para-hydroxylation sites is 1. The molecule has 30 heavy (non-hydrogen) atoms. The van der Waals surface area contributed by atoms with Crippen LogP contribution in [0.1, 0.15) is 11.1 Å². The zero-order valence-electron chi connectivity index (χ0n) is 16.5. The van der Waals surface area contributed by atoms with Crippen LogP contribution in [-0.4, -0.2) is 52.6 Å². The maximum atomic E-state index is 12.3. The van der Waals surface area contributed by atoms with E-state index in [2.05, 4.69) is 10.3 Å². The predicted molar refractivity (Wildman–Crippen MR) is 111 cm³/mol. The largest absolute Gasteiger partial charge is 0.480 e. The second kappa shape index (κ2) is 9.60. The molecule has 1 atom stereocenters. The number of likely N-dealkylation sites (N-methyl/N-ethyl adjacent to an activating group) is 1. The molecule has 8 heteroatoms. The second-order valence-corrected chi connectivity index (χ2v) is 6.92. The highest BCUT2D eigenvalue weighted by Crippen LogP contribution is 2.19. The molecule has 3 N–H and O–H groups in total. The molecule has 0 spiro atoms. The number of carboxylic acid groups (broad SMARTS) is 1. The van der Waals surface area contributed by atoms with Crippen molar-refractivity contribution in [2.45, 2.75) is 19.1 Å². The van der Waals surface area contributed by atoms with Gasteiger partial charge in [0.1, 0.15) is 19.2 Å². The van der Waals surface area contributed by atoms with Crippen LogP contribution in [0.15, 0.2) is 60.8 Å². The highest BCUT2D eigenvalue weighted by atomic mass is 16.6. The number of benzene rings is 2. The Kier molecular flexibility index (Phi) is 6.69. The number of carbonyl (C=O) groups is 3. The lowest BCUT2D eigenvalue weighted by atomic mass is 10.0. The molecule has 0 unspecified atom stereocenters. The number of ether oxygens (including phenoxy) is 1. The summed E-state index contributed by atoms with van der Waals surface area (Å²) in [6.07, 6.45) is 1.19. The number of aliphatic carboxylic acids is 1. The lowest BCUT2D eigenvalue weighted by molar-refractivity contribution is -0.141. The summed E-state index contributed by atoms with van der Waals surface area (Å²) in [5, 5.41) is 12.9. The Bertz CT molecular complexity index is 1030. The first-order valence-electron chi connectivity index (χ1n) is 9.43. The number of fused-ring (bicyclic) bond motifs is 1. The molecule has 0 radical (unpaired) electrons. The van der Waals surface area contributed by atoms with Crippen LogP contribution in [-0.2, 0) is 27.4 Å². The third-order valence-corrected chi connectivity index (χ3v) is 4.63. The first-order valence-corrected chi connectivity index (χ1v) is 9.43. The Hall–Kier alpha value is -3.81. The number of aromatic amines is 1. The van der Waals surface area contributed by atoms with Crippen LogP contribution >= 0.6 is 0 Å². The van der Waals surface area contributed by atoms with Gasteiger partial charge in [0.15, 0.2) is 0 Å². The van der Waals surface area contributed by atoms with E-state index in [0.29, 0.717) is 0 Å². The number of carbonyl (C=O) groups excluding carboxylic acids is 2. The molecule has 0 fully saturated rings. The van der Waals surface area contributed by atoms with Crippen molar-refractivity contribution >= 4 is 28.9 Å². The van der Waals surface area contributed by atoms with E-state index in [1.807, 2.05) is 54.6 Å². The summed E-state index contributed by atoms with van der Waals surface area (Å²) in [6, 6.07) is 15.6. The highest BCUT2D eigenvalue weighted by Gasteiger charge is 2.23. The van der Waals surface area contributed by atoms with Crippen LogP contribution in [0.4, 0.5) is 4.79 Å². The second-order valence-electron chi connectivity index (χ2n) is 6.92. The molecule has 3 aromatic rings. The van der Waals surface area contributed by atoms with E-state index >= 15 is 0 Å². The number of hydrogen-bond acceptors (Lipinski definition) is 4. The zero-order chi connectivity index (χ0) is 21.5. The average molecular weight is 409 g/mol. The molecule has 2 amide bonds. The Morgan fingerprint density at radius 1 is 1.10 bits per heavy atom. The lowest BCUT2D eigenvalue weighted by Gasteiger charge is -2.19. The molecule has 0 bridgehead atoms. The topological polar surface area (TPSA) is 112 Å². The van der Waals surface area contributed by atoms with Gasteiger partial charge in [-0.15, -0.1) is 0 Å². The Morgan fingerprint density at radius 2 is 1.80 bits per heavy atom. The van der Waals surface area contributed by atoms with Gasteiger partial charge in [-0.25, -0.2) is 9.59 Å². The van der Waals surface area contributed by atoms with E-state index < -0.39 is 24.0 Å². The van der Waals surface area contributed by atoms with Crippen molar-refractivity contribution in [2.75, 3.05) is 13.6 Å². The standard InChI is InChI=1S/C22H23N3O5/c1-25(22(29)30-14-15-7-3-2-4-8-15)13-20(26)24-19(21(27)28)11-16-12-23-18-10-6-5-9-17(16)18/h2-10,12,19,23H,11,13-14H2,1H3,(H,24,26)(H,27,28)/t19-/m1/s1. The van der Waals surface area contributed by atoms with Crippen molar-refractivity contribution in [3.05, 3.63) is 71.9 Å². The molecular formula is C22H23N3O5. The highest BCUT2D eigenvalue weighted by molar-refractivity contribution is 5.88. The van der Waals surface area contributed by atoms with Crippen molar-refractivity contribution < 1.29 is 24.2 Å². The van der Waals surface area contributed by atoms with Crippen molar-refractivity contribution in [3.8, 4) is 0 Å². The van der Waals surface area contributed by atoms with Crippen molar-refractivity contribution in [1.29, 1.82) is 0 Å². The van der Waals surface area contributed by atoms with Gasteiger partial charge in [-0.05, 0) is 17.2 Å². The van der Waals surface area contributed by atoms with Gasteiger partial charge in [0, 0.05) is 30.6 Å². The van der Waals surface area contributed by atoms with Crippen LogP contribution in [0.25, 0.3) is 10.9 Å². The number of aromatic nitrogens is 1. The molecular weight excluding hydrogens is 386 g/mol. The van der Waals surface area contributed by atoms with Gasteiger partial charge in [0.2, 0.25) is 5.91 Å². The summed E-state index contributed by atoms with van der Waals surface area (Å²) in [5.41, 5.74) is 2.51. The van der Waals surface area contributed by atoms with Crippen LogP contribution in [0.5, 0.6) is 0 Å². The fourth-order valence-corrected chi connectivity index (χ4v) is 3.07. The molecule has 156 valence electrons. The molecule has 0 aliphatic heterocycles. The number of hydrogen-bond donors (Lipinski definition) is 3. The third kappa shape index (κ3) is 5.38. The Labute approximate surface area is 173 Å². The molecule has 2 aromatic carbocycles. The Balaban J connectivity index is 1.54. The van der Waals surface area contributed by atoms with E-state index in [4.69, 9.17) is 4.74 Å². The summed E-state index contributed by atoms with van der Waals surface area (Å²) >= 11 is 0. The van der Waals surface area contributed by atoms with Crippen LogP contribution in [0.2, 0.25) is 0 Å². The van der Waals surface area contributed by atoms with Gasteiger partial charge in [0.05, 0.1) is 0 Å².